The molecule has 0 aliphatic carbocycles. The monoisotopic (exact) mass is 497 g/mol. The molecule has 0 saturated heterocycles. The molecule has 0 saturated carbocycles. The first-order chi connectivity index (χ1) is 15.0. The van der Waals surface area contributed by atoms with Gasteiger partial charge >= 0.3 is 4.87 Å². The summed E-state index contributed by atoms with van der Waals surface area (Å²) in [6, 6.07) is 13.9. The number of aromatic nitrogens is 1. The second kappa shape index (κ2) is 9.03. The van der Waals surface area contributed by atoms with Crippen LogP contribution in [0.4, 0.5) is 0 Å². The number of thiazole rings is 1. The highest BCUT2D eigenvalue weighted by molar-refractivity contribution is 9.10. The molecule has 158 valence electrons. The Bertz CT molecular complexity index is 1270. The van der Waals surface area contributed by atoms with E-state index in [1.165, 1.54) is 4.57 Å². The van der Waals surface area contributed by atoms with Gasteiger partial charge in [0.25, 0.3) is 0 Å². The van der Waals surface area contributed by atoms with Gasteiger partial charge < -0.3 is 9.84 Å². The zero-order valence-electron chi connectivity index (χ0n) is 17.0. The highest BCUT2D eigenvalue weighted by Gasteiger charge is 2.21. The molecule has 1 aliphatic heterocycles. The van der Waals surface area contributed by atoms with Crippen molar-refractivity contribution in [2.24, 2.45) is 17.3 Å². The molecular weight excluding hydrogens is 478 g/mol. The molecule has 0 radical (unpaired) electrons. The van der Waals surface area contributed by atoms with Crippen molar-refractivity contribution in [1.82, 2.24) is 4.57 Å². The molecule has 8 heteroatoms. The maximum atomic E-state index is 12.2. The van der Waals surface area contributed by atoms with Crippen molar-refractivity contribution in [1.29, 1.82) is 0 Å². The van der Waals surface area contributed by atoms with Gasteiger partial charge in [0, 0.05) is 18.2 Å². The SMILES string of the molecule is CCCOc1ccc(-c2cccc(C(=C3C=NN=C3)c3sc(=O)n(C)c3O)c2)cc1Br. The Labute approximate surface area is 192 Å². The zero-order chi connectivity index (χ0) is 22.0. The summed E-state index contributed by atoms with van der Waals surface area (Å²) in [6.07, 6.45) is 4.20. The maximum absolute atomic E-state index is 12.2. The van der Waals surface area contributed by atoms with E-state index in [1.54, 1.807) is 19.5 Å². The molecule has 31 heavy (non-hydrogen) atoms. The van der Waals surface area contributed by atoms with Crippen LogP contribution in [0.1, 0.15) is 23.8 Å². The summed E-state index contributed by atoms with van der Waals surface area (Å²) in [6.45, 7) is 2.73. The van der Waals surface area contributed by atoms with E-state index in [4.69, 9.17) is 4.74 Å². The average molecular weight is 498 g/mol. The predicted octanol–water partition coefficient (Wildman–Crippen LogP) is 5.24. The van der Waals surface area contributed by atoms with Crippen molar-refractivity contribution in [3.63, 3.8) is 0 Å². The van der Waals surface area contributed by atoms with Crippen molar-refractivity contribution in [2.75, 3.05) is 6.61 Å². The quantitative estimate of drug-likeness (QED) is 0.505. The van der Waals surface area contributed by atoms with Crippen molar-refractivity contribution in [2.45, 2.75) is 13.3 Å². The van der Waals surface area contributed by atoms with Crippen molar-refractivity contribution >= 4 is 45.3 Å². The summed E-state index contributed by atoms with van der Waals surface area (Å²) in [5, 5.41) is 18.4. The topological polar surface area (TPSA) is 76.2 Å². The molecule has 1 aromatic heterocycles. The predicted molar refractivity (Wildman–Crippen MR) is 130 cm³/mol. The molecule has 1 N–H and O–H groups in total. The van der Waals surface area contributed by atoms with Crippen LogP contribution in [0.3, 0.4) is 0 Å². The molecule has 0 unspecified atom stereocenters. The lowest BCUT2D eigenvalue weighted by Crippen LogP contribution is -2.05. The van der Waals surface area contributed by atoms with E-state index in [0.29, 0.717) is 17.1 Å². The van der Waals surface area contributed by atoms with Gasteiger partial charge in [-0.3, -0.25) is 9.36 Å². The first kappa shape index (κ1) is 21.3. The standard InChI is InChI=1S/C23H20BrN3O3S/c1-3-9-30-19-8-7-15(11-18(19)24)14-5-4-6-16(10-14)20(17-12-25-26-13-17)21-22(28)27(2)23(29)31-21/h4-8,10-13,28H,3,9H2,1-2H3. The number of allylic oxidation sites excluding steroid dienone is 1. The molecule has 0 atom stereocenters. The molecule has 2 aromatic carbocycles. The van der Waals surface area contributed by atoms with Gasteiger partial charge in [0.2, 0.25) is 5.88 Å². The van der Waals surface area contributed by atoms with Crippen LogP contribution in [0.25, 0.3) is 16.7 Å². The minimum Gasteiger partial charge on any atom is -0.493 e. The molecule has 1 aliphatic rings. The van der Waals surface area contributed by atoms with Gasteiger partial charge in [0.15, 0.2) is 0 Å². The minimum atomic E-state index is -0.236. The first-order valence-electron chi connectivity index (χ1n) is 9.72. The van der Waals surface area contributed by atoms with E-state index in [2.05, 4.69) is 33.1 Å². The van der Waals surface area contributed by atoms with E-state index in [0.717, 1.165) is 50.2 Å². The number of hydrogen-bond acceptors (Lipinski definition) is 6. The molecular formula is C23H20BrN3O3S. The van der Waals surface area contributed by atoms with Crippen LogP contribution in [0.15, 0.2) is 67.5 Å². The van der Waals surface area contributed by atoms with Crippen LogP contribution in [-0.2, 0) is 7.05 Å². The minimum absolute atomic E-state index is 0.0724. The Morgan fingerprint density at radius 3 is 2.55 bits per heavy atom. The third-order valence-corrected chi connectivity index (χ3v) is 6.50. The average Bonchev–Trinajstić information content (AvgIpc) is 3.39. The van der Waals surface area contributed by atoms with Gasteiger partial charge in [0.05, 0.1) is 23.5 Å². The van der Waals surface area contributed by atoms with Gasteiger partial charge in [-0.2, -0.15) is 10.2 Å². The third kappa shape index (κ3) is 4.26. The van der Waals surface area contributed by atoms with Crippen molar-refractivity contribution in [3.05, 3.63) is 72.6 Å². The molecule has 3 aromatic rings. The molecule has 0 amide bonds. The summed E-state index contributed by atoms with van der Waals surface area (Å²) < 4.78 is 7.87. The molecule has 4 rings (SSSR count). The smallest absolute Gasteiger partial charge is 0.310 e. The van der Waals surface area contributed by atoms with Gasteiger partial charge in [-0.1, -0.05) is 42.5 Å². The number of aromatic hydroxyl groups is 1. The van der Waals surface area contributed by atoms with Crippen LogP contribution >= 0.6 is 27.3 Å². The van der Waals surface area contributed by atoms with Crippen LogP contribution in [0.5, 0.6) is 11.6 Å². The largest absolute Gasteiger partial charge is 0.493 e. The summed E-state index contributed by atoms with van der Waals surface area (Å²) >= 11 is 4.59. The lowest BCUT2D eigenvalue weighted by atomic mass is 9.95. The number of halogens is 1. The number of rotatable bonds is 6. The second-order valence-electron chi connectivity index (χ2n) is 6.97. The zero-order valence-corrected chi connectivity index (χ0v) is 19.4. The van der Waals surface area contributed by atoms with Crippen LogP contribution in [0, 0.1) is 0 Å². The fourth-order valence-corrected chi connectivity index (χ4v) is 4.71. The number of ether oxygens (including phenoxy) is 1. The lowest BCUT2D eigenvalue weighted by molar-refractivity contribution is 0.315. The van der Waals surface area contributed by atoms with E-state index >= 15 is 0 Å². The Kier molecular flexibility index (Phi) is 6.20. The van der Waals surface area contributed by atoms with E-state index < -0.39 is 0 Å². The number of hydrogen-bond donors (Lipinski definition) is 1. The Hall–Kier alpha value is -2.97. The van der Waals surface area contributed by atoms with Gasteiger partial charge in [-0.05, 0) is 57.2 Å². The summed E-state index contributed by atoms with van der Waals surface area (Å²) in [7, 11) is 1.55. The molecule has 0 bridgehead atoms. The van der Waals surface area contributed by atoms with Crippen molar-refractivity contribution in [3.8, 4) is 22.8 Å². The Balaban J connectivity index is 1.80. The highest BCUT2D eigenvalue weighted by atomic mass is 79.9. The van der Waals surface area contributed by atoms with Gasteiger partial charge in [0.1, 0.15) is 10.6 Å². The summed E-state index contributed by atoms with van der Waals surface area (Å²) in [5.74, 6) is 0.735. The fraction of sp³-hybridized carbons (Fsp3) is 0.174. The Morgan fingerprint density at radius 2 is 1.90 bits per heavy atom. The summed E-state index contributed by atoms with van der Waals surface area (Å²) in [4.78, 5) is 12.4. The highest BCUT2D eigenvalue weighted by Crippen LogP contribution is 2.37. The van der Waals surface area contributed by atoms with Crippen LogP contribution in [0.2, 0.25) is 0 Å². The van der Waals surface area contributed by atoms with E-state index in [9.17, 15) is 9.90 Å². The maximum Gasteiger partial charge on any atom is 0.310 e. The Morgan fingerprint density at radius 1 is 1.16 bits per heavy atom. The molecule has 2 heterocycles. The third-order valence-electron chi connectivity index (χ3n) is 4.84. The van der Waals surface area contributed by atoms with E-state index in [-0.39, 0.29) is 10.8 Å². The molecule has 6 nitrogen and oxygen atoms in total. The first-order valence-corrected chi connectivity index (χ1v) is 11.3. The normalized spacial score (nSPS) is 12.5. The van der Waals surface area contributed by atoms with Crippen molar-refractivity contribution < 1.29 is 9.84 Å². The van der Waals surface area contributed by atoms with Crippen LogP contribution in [-0.4, -0.2) is 28.7 Å². The number of benzene rings is 2. The van der Waals surface area contributed by atoms with E-state index in [1.807, 2.05) is 42.5 Å². The molecule has 0 spiro atoms. The molecule has 0 fully saturated rings. The summed E-state index contributed by atoms with van der Waals surface area (Å²) in [5.41, 5.74) is 4.31. The van der Waals surface area contributed by atoms with Crippen LogP contribution < -0.4 is 9.61 Å². The second-order valence-corrected chi connectivity index (χ2v) is 8.79. The fourth-order valence-electron chi connectivity index (χ4n) is 3.25. The number of nitrogens with zero attached hydrogens (tertiary/aromatic N) is 3. The lowest BCUT2D eigenvalue weighted by Gasteiger charge is -2.12. The van der Waals surface area contributed by atoms with Gasteiger partial charge in [-0.15, -0.1) is 0 Å². The van der Waals surface area contributed by atoms with Gasteiger partial charge in [-0.25, -0.2) is 0 Å².